The average molecular weight is 665 g/mol. The number of nitrogens with zero attached hydrogens (tertiary/aromatic N) is 1. The maximum Gasteiger partial charge on any atom is 0.472 e. The molecular weight excluding hydrogens is 605 g/mol. The highest BCUT2D eigenvalue weighted by Gasteiger charge is 2.33. The third kappa shape index (κ3) is 23.2. The number of hydrogen-bond acceptors (Lipinski definition) is 10. The topological polar surface area (TPSA) is 155 Å². The van der Waals surface area contributed by atoms with Gasteiger partial charge in [0.05, 0.1) is 27.7 Å². The van der Waals surface area contributed by atoms with Gasteiger partial charge in [0, 0.05) is 25.3 Å². The van der Waals surface area contributed by atoms with Crippen molar-refractivity contribution in [2.45, 2.75) is 128 Å². The smallest absolute Gasteiger partial charge is 0.462 e. The third-order valence-electron chi connectivity index (χ3n) is 7.33. The van der Waals surface area contributed by atoms with Gasteiger partial charge in [0.1, 0.15) is 19.8 Å². The minimum absolute atomic E-state index is 0.0222. The van der Waals surface area contributed by atoms with Crippen LogP contribution in [-0.2, 0) is 42.2 Å². The Morgan fingerprint density at radius 3 is 1.96 bits per heavy atom. The van der Waals surface area contributed by atoms with E-state index in [1.54, 1.807) is 0 Å². The van der Waals surface area contributed by atoms with E-state index >= 15 is 0 Å². The maximum atomic E-state index is 12.5. The Bertz CT molecular complexity index is 937. The van der Waals surface area contributed by atoms with Gasteiger partial charge in [0.2, 0.25) is 5.79 Å². The minimum Gasteiger partial charge on any atom is -0.462 e. The second kappa shape index (κ2) is 22.7. The summed E-state index contributed by atoms with van der Waals surface area (Å²) in [4.78, 5) is 46.1. The third-order valence-corrected chi connectivity index (χ3v) is 8.31. The highest BCUT2D eigenvalue weighted by atomic mass is 31.2. The van der Waals surface area contributed by atoms with E-state index in [0.717, 1.165) is 25.3 Å². The molecule has 0 saturated carbocycles. The Hall–Kier alpha value is -1.82. The number of phosphoric acid groups is 1. The number of ether oxygens (including phenoxy) is 3. The highest BCUT2D eigenvalue weighted by Crippen LogP contribution is 2.43. The number of phosphoric ester groups is 1. The number of esters is 3. The van der Waals surface area contributed by atoms with E-state index in [4.69, 9.17) is 23.3 Å². The van der Waals surface area contributed by atoms with Crippen molar-refractivity contribution in [2.75, 3.05) is 47.5 Å². The van der Waals surface area contributed by atoms with E-state index in [1.165, 1.54) is 63.9 Å². The van der Waals surface area contributed by atoms with Crippen LogP contribution in [0.4, 0.5) is 0 Å². The lowest BCUT2D eigenvalue weighted by atomic mass is 10.0. The second-order valence-electron chi connectivity index (χ2n) is 12.9. The Kier molecular flexibility index (Phi) is 20.8. The molecule has 0 aromatic rings. The molecule has 3 atom stereocenters. The standard InChI is InChI=1S/C32H58NO11P/c1-5-6-7-8-9-10-11-12-13-14-15-16-17-19-29(34)40-26-28(27-42-45(38,39)41-25-24-33(2,3)4)43-30(35)20-18-22-32(37)23-21-31(36)44-32/h21,23,28,37H,5-20,22,24-27H2,1-4H3/p+1. The Labute approximate surface area is 270 Å². The maximum absolute atomic E-state index is 12.5. The molecule has 45 heavy (non-hydrogen) atoms. The molecular formula is C32H59NO11P+. The molecule has 13 heteroatoms. The number of likely N-dealkylation sites (N-methyl/N-ethyl adjacent to an activating group) is 1. The van der Waals surface area contributed by atoms with Gasteiger partial charge in [-0.2, -0.15) is 0 Å². The zero-order valence-corrected chi connectivity index (χ0v) is 28.9. The monoisotopic (exact) mass is 664 g/mol. The summed E-state index contributed by atoms with van der Waals surface area (Å²) in [7, 11) is 1.26. The Morgan fingerprint density at radius 1 is 0.867 bits per heavy atom. The summed E-state index contributed by atoms with van der Waals surface area (Å²) < 4.78 is 38.4. The van der Waals surface area contributed by atoms with Crippen LogP contribution in [0.1, 0.15) is 116 Å². The zero-order chi connectivity index (χ0) is 33.6. The van der Waals surface area contributed by atoms with Crippen LogP contribution in [0, 0.1) is 0 Å². The summed E-state index contributed by atoms with van der Waals surface area (Å²) in [6.45, 7) is 1.78. The number of cyclic esters (lactones) is 1. The molecule has 262 valence electrons. The summed E-state index contributed by atoms with van der Waals surface area (Å²) in [5.74, 6) is -3.60. The lowest BCUT2D eigenvalue weighted by Gasteiger charge is -2.24. The van der Waals surface area contributed by atoms with Gasteiger partial charge in [-0.1, -0.05) is 84.0 Å². The fourth-order valence-corrected chi connectivity index (χ4v) is 5.35. The number of carbonyl (C=O) groups is 3. The molecule has 0 aromatic heterocycles. The first kappa shape index (κ1) is 41.2. The van der Waals surface area contributed by atoms with Gasteiger partial charge in [-0.25, -0.2) is 9.36 Å². The van der Waals surface area contributed by atoms with Crippen molar-refractivity contribution in [3.05, 3.63) is 12.2 Å². The lowest BCUT2D eigenvalue weighted by Crippen LogP contribution is -2.37. The summed E-state index contributed by atoms with van der Waals surface area (Å²) in [6, 6.07) is 0. The fourth-order valence-electron chi connectivity index (χ4n) is 4.61. The van der Waals surface area contributed by atoms with E-state index in [9.17, 15) is 28.9 Å². The predicted octanol–water partition coefficient (Wildman–Crippen LogP) is 5.73. The Balaban J connectivity index is 2.39. The molecule has 1 heterocycles. The first-order valence-electron chi connectivity index (χ1n) is 16.7. The molecule has 0 bridgehead atoms. The fraction of sp³-hybridized carbons (Fsp3) is 0.844. The van der Waals surface area contributed by atoms with Gasteiger partial charge in [0.15, 0.2) is 6.10 Å². The van der Waals surface area contributed by atoms with Gasteiger partial charge in [-0.3, -0.25) is 18.6 Å². The molecule has 0 spiro atoms. The first-order valence-corrected chi connectivity index (χ1v) is 18.2. The summed E-state index contributed by atoms with van der Waals surface area (Å²) in [6.07, 6.45) is 16.9. The number of hydrogen-bond donors (Lipinski definition) is 2. The molecule has 0 amide bonds. The molecule has 3 unspecified atom stereocenters. The van der Waals surface area contributed by atoms with Crippen LogP contribution in [0.15, 0.2) is 12.2 Å². The lowest BCUT2D eigenvalue weighted by molar-refractivity contribution is -0.870. The average Bonchev–Trinajstić information content (AvgIpc) is 3.29. The van der Waals surface area contributed by atoms with Crippen molar-refractivity contribution in [1.82, 2.24) is 0 Å². The molecule has 12 nitrogen and oxygen atoms in total. The number of aliphatic hydroxyl groups is 1. The zero-order valence-electron chi connectivity index (χ0n) is 28.0. The van der Waals surface area contributed by atoms with Crippen LogP contribution < -0.4 is 0 Å². The number of unbranched alkanes of at least 4 members (excludes halogenated alkanes) is 12. The number of rotatable bonds is 28. The van der Waals surface area contributed by atoms with Crippen LogP contribution in [-0.4, -0.2) is 91.8 Å². The molecule has 0 aromatic carbocycles. The summed E-state index contributed by atoms with van der Waals surface area (Å²) in [5.41, 5.74) is 0. The largest absolute Gasteiger partial charge is 0.472 e. The number of quaternary nitrogens is 1. The van der Waals surface area contributed by atoms with Crippen molar-refractivity contribution < 1.29 is 56.7 Å². The van der Waals surface area contributed by atoms with Crippen LogP contribution in [0.25, 0.3) is 0 Å². The van der Waals surface area contributed by atoms with E-state index in [0.29, 0.717) is 17.4 Å². The predicted molar refractivity (Wildman–Crippen MR) is 170 cm³/mol. The minimum atomic E-state index is -4.45. The molecule has 0 fully saturated rings. The van der Waals surface area contributed by atoms with E-state index in [-0.39, 0.29) is 38.9 Å². The van der Waals surface area contributed by atoms with Gasteiger partial charge in [-0.15, -0.1) is 0 Å². The van der Waals surface area contributed by atoms with Crippen molar-refractivity contribution in [2.24, 2.45) is 0 Å². The van der Waals surface area contributed by atoms with Gasteiger partial charge in [-0.05, 0) is 18.9 Å². The molecule has 2 N–H and O–H groups in total. The normalized spacial score (nSPS) is 18.4. The van der Waals surface area contributed by atoms with Crippen molar-refractivity contribution in [3.63, 3.8) is 0 Å². The molecule has 0 aliphatic carbocycles. The second-order valence-corrected chi connectivity index (χ2v) is 14.3. The van der Waals surface area contributed by atoms with Gasteiger partial charge >= 0.3 is 25.7 Å². The van der Waals surface area contributed by atoms with Crippen molar-refractivity contribution in [3.8, 4) is 0 Å². The summed E-state index contributed by atoms with van der Waals surface area (Å²) in [5, 5.41) is 10.2. The number of carbonyl (C=O) groups excluding carboxylic acids is 3. The SMILES string of the molecule is CCCCCCCCCCCCCCCC(=O)OCC(COP(=O)(O)OCC[N+](C)(C)C)OC(=O)CCCC1(O)C=CC(=O)O1. The van der Waals surface area contributed by atoms with Crippen LogP contribution in [0.3, 0.4) is 0 Å². The van der Waals surface area contributed by atoms with Crippen molar-refractivity contribution >= 4 is 25.7 Å². The molecule has 1 aliphatic rings. The quantitative estimate of drug-likeness (QED) is 0.0346. The molecule has 1 rings (SSSR count). The van der Waals surface area contributed by atoms with Crippen LogP contribution in [0.2, 0.25) is 0 Å². The Morgan fingerprint density at radius 2 is 1.42 bits per heavy atom. The van der Waals surface area contributed by atoms with Crippen molar-refractivity contribution in [1.29, 1.82) is 0 Å². The van der Waals surface area contributed by atoms with Crippen LogP contribution in [0.5, 0.6) is 0 Å². The van der Waals surface area contributed by atoms with E-state index < -0.39 is 44.2 Å². The first-order chi connectivity index (χ1) is 21.2. The molecule has 1 aliphatic heterocycles. The summed E-state index contributed by atoms with van der Waals surface area (Å²) >= 11 is 0. The van der Waals surface area contributed by atoms with Gasteiger partial charge in [0.25, 0.3) is 0 Å². The van der Waals surface area contributed by atoms with E-state index in [1.807, 2.05) is 21.1 Å². The van der Waals surface area contributed by atoms with Gasteiger partial charge < -0.3 is 28.7 Å². The highest BCUT2D eigenvalue weighted by molar-refractivity contribution is 7.47. The van der Waals surface area contributed by atoms with Crippen LogP contribution >= 0.6 is 7.82 Å². The van der Waals surface area contributed by atoms with E-state index in [2.05, 4.69) is 6.92 Å². The molecule has 0 radical (unpaired) electrons. The molecule has 0 saturated heterocycles.